The van der Waals surface area contributed by atoms with Crippen molar-refractivity contribution < 1.29 is 4.74 Å². The summed E-state index contributed by atoms with van der Waals surface area (Å²) >= 11 is 1.76. The molecule has 1 fully saturated rings. The van der Waals surface area contributed by atoms with Gasteiger partial charge < -0.3 is 15.4 Å². The van der Waals surface area contributed by atoms with Crippen LogP contribution in [-0.2, 0) is 0 Å². The molecule has 2 heterocycles. The highest BCUT2D eigenvalue weighted by Gasteiger charge is 2.21. The second-order valence-electron chi connectivity index (χ2n) is 5.20. The lowest BCUT2D eigenvalue weighted by Gasteiger charge is -2.30. The maximum absolute atomic E-state index is 5.75. The molecule has 108 valence electrons. The van der Waals surface area contributed by atoms with E-state index in [1.807, 2.05) is 19.1 Å². The van der Waals surface area contributed by atoms with Crippen molar-refractivity contribution in [3.8, 4) is 5.75 Å². The molecule has 0 amide bonds. The van der Waals surface area contributed by atoms with Crippen molar-refractivity contribution in [2.45, 2.75) is 19.8 Å². The molecule has 20 heavy (non-hydrogen) atoms. The van der Waals surface area contributed by atoms with Crippen LogP contribution in [0.25, 0.3) is 10.2 Å². The summed E-state index contributed by atoms with van der Waals surface area (Å²) in [7, 11) is 0. The zero-order valence-electron chi connectivity index (χ0n) is 11.8. The standard InChI is InChI=1S/C15H21N3OS/c1-2-19-12-4-3-5-13-14(12)17-15(20-13)18-8-6-11(10-16)7-9-18/h3-5,11H,2,6-10,16H2,1H3. The van der Waals surface area contributed by atoms with Crippen LogP contribution < -0.4 is 15.4 Å². The number of thiazole rings is 1. The van der Waals surface area contributed by atoms with Gasteiger partial charge in [0, 0.05) is 13.1 Å². The van der Waals surface area contributed by atoms with E-state index in [0.717, 1.165) is 36.0 Å². The molecule has 1 aromatic heterocycles. The highest BCUT2D eigenvalue weighted by atomic mass is 32.1. The molecule has 1 aromatic carbocycles. The van der Waals surface area contributed by atoms with E-state index in [0.29, 0.717) is 12.5 Å². The van der Waals surface area contributed by atoms with E-state index in [1.54, 1.807) is 11.3 Å². The predicted molar refractivity (Wildman–Crippen MR) is 84.8 cm³/mol. The summed E-state index contributed by atoms with van der Waals surface area (Å²) in [5, 5.41) is 1.11. The van der Waals surface area contributed by atoms with Crippen LogP contribution in [0, 0.1) is 5.92 Å². The lowest BCUT2D eigenvalue weighted by atomic mass is 9.98. The molecule has 0 saturated carbocycles. The molecule has 0 atom stereocenters. The number of piperidine rings is 1. The Morgan fingerprint density at radius 3 is 2.90 bits per heavy atom. The van der Waals surface area contributed by atoms with Crippen LogP contribution in [0.3, 0.4) is 0 Å². The van der Waals surface area contributed by atoms with Crippen LogP contribution in [0.2, 0.25) is 0 Å². The van der Waals surface area contributed by atoms with Gasteiger partial charge in [-0.15, -0.1) is 0 Å². The fourth-order valence-corrected chi connectivity index (χ4v) is 3.71. The topological polar surface area (TPSA) is 51.4 Å². The van der Waals surface area contributed by atoms with Gasteiger partial charge in [0.15, 0.2) is 5.13 Å². The average Bonchev–Trinajstić information content (AvgIpc) is 2.93. The number of aromatic nitrogens is 1. The second kappa shape index (κ2) is 5.97. The Balaban J connectivity index is 1.84. The number of nitrogens with zero attached hydrogens (tertiary/aromatic N) is 2. The van der Waals surface area contributed by atoms with Crippen molar-refractivity contribution >= 4 is 26.7 Å². The molecular weight excluding hydrogens is 270 g/mol. The van der Waals surface area contributed by atoms with Gasteiger partial charge in [-0.2, -0.15) is 0 Å². The smallest absolute Gasteiger partial charge is 0.186 e. The van der Waals surface area contributed by atoms with E-state index in [4.69, 9.17) is 15.5 Å². The van der Waals surface area contributed by atoms with Gasteiger partial charge in [0.1, 0.15) is 11.3 Å². The molecule has 3 rings (SSSR count). The molecule has 1 saturated heterocycles. The summed E-state index contributed by atoms with van der Waals surface area (Å²) in [5.41, 5.74) is 6.75. The summed E-state index contributed by atoms with van der Waals surface area (Å²) in [4.78, 5) is 7.18. The van der Waals surface area contributed by atoms with Crippen molar-refractivity contribution in [2.75, 3.05) is 31.1 Å². The Hall–Kier alpha value is -1.33. The lowest BCUT2D eigenvalue weighted by Crippen LogP contribution is -2.35. The van der Waals surface area contributed by atoms with Crippen molar-refractivity contribution in [2.24, 2.45) is 11.7 Å². The van der Waals surface area contributed by atoms with Gasteiger partial charge in [0.05, 0.1) is 11.3 Å². The highest BCUT2D eigenvalue weighted by molar-refractivity contribution is 7.22. The number of hydrogen-bond acceptors (Lipinski definition) is 5. The van der Waals surface area contributed by atoms with Gasteiger partial charge in [-0.25, -0.2) is 4.98 Å². The normalized spacial score (nSPS) is 16.8. The van der Waals surface area contributed by atoms with Crippen LogP contribution in [-0.4, -0.2) is 31.2 Å². The lowest BCUT2D eigenvalue weighted by molar-refractivity contribution is 0.343. The Kier molecular flexibility index (Phi) is 4.08. The Morgan fingerprint density at radius 2 is 2.20 bits per heavy atom. The zero-order valence-corrected chi connectivity index (χ0v) is 12.7. The summed E-state index contributed by atoms with van der Waals surface area (Å²) in [6.07, 6.45) is 2.34. The van der Waals surface area contributed by atoms with E-state index in [-0.39, 0.29) is 0 Å². The highest BCUT2D eigenvalue weighted by Crippen LogP contribution is 2.35. The molecule has 2 N–H and O–H groups in total. The number of fused-ring (bicyclic) bond motifs is 1. The van der Waals surface area contributed by atoms with E-state index in [1.165, 1.54) is 17.5 Å². The third-order valence-electron chi connectivity index (χ3n) is 3.89. The van der Waals surface area contributed by atoms with Crippen LogP contribution in [0.15, 0.2) is 18.2 Å². The van der Waals surface area contributed by atoms with Gasteiger partial charge in [-0.1, -0.05) is 17.4 Å². The Labute approximate surface area is 123 Å². The van der Waals surface area contributed by atoms with Crippen molar-refractivity contribution in [3.63, 3.8) is 0 Å². The van der Waals surface area contributed by atoms with Crippen molar-refractivity contribution in [3.05, 3.63) is 18.2 Å². The van der Waals surface area contributed by atoms with Crippen LogP contribution in [0.4, 0.5) is 5.13 Å². The second-order valence-corrected chi connectivity index (χ2v) is 6.21. The number of rotatable bonds is 4. The summed E-state index contributed by atoms with van der Waals surface area (Å²) in [6.45, 7) is 5.61. The fourth-order valence-electron chi connectivity index (χ4n) is 2.68. The number of para-hydroxylation sites is 1. The Bertz CT molecular complexity index is 576. The maximum atomic E-state index is 5.75. The molecule has 0 radical (unpaired) electrons. The van der Waals surface area contributed by atoms with E-state index in [2.05, 4.69) is 11.0 Å². The predicted octanol–water partition coefficient (Wildman–Crippen LogP) is 2.87. The molecule has 1 aliphatic rings. The van der Waals surface area contributed by atoms with E-state index in [9.17, 15) is 0 Å². The summed E-state index contributed by atoms with van der Waals surface area (Å²) in [5.74, 6) is 1.57. The SMILES string of the molecule is CCOc1cccc2sc(N3CCC(CN)CC3)nc12. The van der Waals surface area contributed by atoms with E-state index < -0.39 is 0 Å². The number of ether oxygens (including phenoxy) is 1. The molecule has 4 nitrogen and oxygen atoms in total. The quantitative estimate of drug-likeness (QED) is 0.941. The number of hydrogen-bond donors (Lipinski definition) is 1. The van der Waals surface area contributed by atoms with Gasteiger partial charge in [-0.05, 0) is 44.4 Å². The molecule has 0 spiro atoms. The minimum absolute atomic E-state index is 0.674. The van der Waals surface area contributed by atoms with Crippen LogP contribution in [0.5, 0.6) is 5.75 Å². The molecule has 5 heteroatoms. The van der Waals surface area contributed by atoms with E-state index >= 15 is 0 Å². The molecule has 2 aromatic rings. The molecule has 0 unspecified atom stereocenters. The van der Waals surface area contributed by atoms with Gasteiger partial charge in [0.25, 0.3) is 0 Å². The molecule has 1 aliphatic heterocycles. The summed E-state index contributed by atoms with van der Waals surface area (Å²) in [6, 6.07) is 6.15. The molecule has 0 bridgehead atoms. The van der Waals surface area contributed by atoms with Crippen molar-refractivity contribution in [1.82, 2.24) is 4.98 Å². The van der Waals surface area contributed by atoms with Crippen molar-refractivity contribution in [1.29, 1.82) is 0 Å². The zero-order chi connectivity index (χ0) is 13.9. The largest absolute Gasteiger partial charge is 0.492 e. The van der Waals surface area contributed by atoms with Crippen LogP contribution in [0.1, 0.15) is 19.8 Å². The molecule has 0 aliphatic carbocycles. The van der Waals surface area contributed by atoms with Gasteiger partial charge >= 0.3 is 0 Å². The third-order valence-corrected chi connectivity index (χ3v) is 4.97. The minimum Gasteiger partial charge on any atom is -0.492 e. The first-order valence-electron chi connectivity index (χ1n) is 7.29. The maximum Gasteiger partial charge on any atom is 0.186 e. The fraction of sp³-hybridized carbons (Fsp3) is 0.533. The first-order valence-corrected chi connectivity index (χ1v) is 8.10. The van der Waals surface area contributed by atoms with Crippen LogP contribution >= 0.6 is 11.3 Å². The van der Waals surface area contributed by atoms with Gasteiger partial charge in [0.2, 0.25) is 0 Å². The minimum atomic E-state index is 0.674. The number of nitrogens with two attached hydrogens (primary N) is 1. The Morgan fingerprint density at radius 1 is 1.40 bits per heavy atom. The summed E-state index contributed by atoms with van der Waals surface area (Å²) < 4.78 is 6.86. The average molecular weight is 291 g/mol. The molecular formula is C15H21N3OS. The first-order chi connectivity index (χ1) is 9.81. The number of benzene rings is 1. The first kappa shape index (κ1) is 13.6. The monoisotopic (exact) mass is 291 g/mol. The van der Waals surface area contributed by atoms with Gasteiger partial charge in [-0.3, -0.25) is 0 Å². The number of anilines is 1. The third kappa shape index (κ3) is 2.60.